The molecule has 1 aromatic rings. The van der Waals surface area contributed by atoms with E-state index in [1.54, 1.807) is 0 Å². The van der Waals surface area contributed by atoms with E-state index in [0.717, 1.165) is 6.42 Å². The van der Waals surface area contributed by atoms with E-state index in [1.165, 1.54) is 64.1 Å². The molecule has 0 aromatic carbocycles. The summed E-state index contributed by atoms with van der Waals surface area (Å²) in [6, 6.07) is 6.22. The Morgan fingerprint density at radius 1 is 1.26 bits per heavy atom. The minimum absolute atomic E-state index is 0.570. The first-order chi connectivity index (χ1) is 9.36. The van der Waals surface area contributed by atoms with Crippen LogP contribution >= 0.6 is 0 Å². The number of aromatic nitrogens is 1. The highest BCUT2D eigenvalue weighted by molar-refractivity contribution is 5.04. The first-order valence-corrected chi connectivity index (χ1v) is 7.69. The van der Waals surface area contributed by atoms with Crippen molar-refractivity contribution in [1.29, 1.82) is 0 Å². The summed E-state index contributed by atoms with van der Waals surface area (Å²) in [5, 5.41) is 3.60. The van der Waals surface area contributed by atoms with Crippen molar-refractivity contribution >= 4 is 0 Å². The van der Waals surface area contributed by atoms with Crippen molar-refractivity contribution in [2.24, 2.45) is 5.41 Å². The molecule has 0 aliphatic carbocycles. The Labute approximate surface area is 116 Å². The molecule has 3 rings (SSSR count). The fourth-order valence-corrected chi connectivity index (χ4v) is 3.70. The molecule has 2 aliphatic rings. The number of rotatable bonds is 3. The molecule has 1 N–H and O–H groups in total. The monoisotopic (exact) mass is 259 g/mol. The smallest absolute Gasteiger partial charge is 0.0416 e. The summed E-state index contributed by atoms with van der Waals surface area (Å²) >= 11 is 0. The van der Waals surface area contributed by atoms with E-state index in [2.05, 4.69) is 27.3 Å². The first-order valence-electron chi connectivity index (χ1n) is 7.69. The van der Waals surface area contributed by atoms with Crippen LogP contribution in [0.2, 0.25) is 0 Å². The topological polar surface area (TPSA) is 28.2 Å². The third kappa shape index (κ3) is 3.34. The van der Waals surface area contributed by atoms with Crippen LogP contribution in [0.4, 0.5) is 0 Å². The van der Waals surface area contributed by atoms with Crippen LogP contribution in [0.3, 0.4) is 0 Å². The lowest BCUT2D eigenvalue weighted by atomic mass is 9.74. The number of piperidine rings is 2. The van der Waals surface area contributed by atoms with Gasteiger partial charge in [0, 0.05) is 37.9 Å². The van der Waals surface area contributed by atoms with Gasteiger partial charge in [0.05, 0.1) is 0 Å². The lowest BCUT2D eigenvalue weighted by Crippen LogP contribution is -2.51. The zero-order valence-electron chi connectivity index (χ0n) is 11.8. The second kappa shape index (κ2) is 6.02. The van der Waals surface area contributed by atoms with Crippen LogP contribution < -0.4 is 5.32 Å². The van der Waals surface area contributed by atoms with Gasteiger partial charge in [0.1, 0.15) is 0 Å². The third-order valence-electron chi connectivity index (χ3n) is 4.71. The SMILES string of the molecule is c1ccc(CCN2CCCC3(CCCNC3)C2)nc1. The maximum absolute atomic E-state index is 4.43. The lowest BCUT2D eigenvalue weighted by molar-refractivity contribution is 0.0653. The summed E-state index contributed by atoms with van der Waals surface area (Å²) < 4.78 is 0. The molecule has 1 spiro atoms. The maximum Gasteiger partial charge on any atom is 0.0416 e. The highest BCUT2D eigenvalue weighted by Crippen LogP contribution is 2.35. The summed E-state index contributed by atoms with van der Waals surface area (Å²) in [5.74, 6) is 0. The minimum atomic E-state index is 0.570. The normalized spacial score (nSPS) is 28.6. The predicted molar refractivity (Wildman–Crippen MR) is 78.2 cm³/mol. The molecule has 2 fully saturated rings. The molecule has 3 heterocycles. The van der Waals surface area contributed by atoms with Gasteiger partial charge in [0.2, 0.25) is 0 Å². The maximum atomic E-state index is 4.43. The van der Waals surface area contributed by atoms with E-state index in [1.807, 2.05) is 12.3 Å². The van der Waals surface area contributed by atoms with E-state index in [0.29, 0.717) is 5.41 Å². The van der Waals surface area contributed by atoms with Crippen LogP contribution in [0.15, 0.2) is 24.4 Å². The lowest BCUT2D eigenvalue weighted by Gasteiger charge is -2.45. The van der Waals surface area contributed by atoms with Crippen molar-refractivity contribution in [1.82, 2.24) is 15.2 Å². The van der Waals surface area contributed by atoms with Gasteiger partial charge < -0.3 is 10.2 Å². The van der Waals surface area contributed by atoms with E-state index in [-0.39, 0.29) is 0 Å². The fraction of sp³-hybridized carbons (Fsp3) is 0.688. The third-order valence-corrected chi connectivity index (χ3v) is 4.71. The quantitative estimate of drug-likeness (QED) is 0.901. The number of nitrogens with one attached hydrogen (secondary N) is 1. The van der Waals surface area contributed by atoms with Crippen LogP contribution in [0.25, 0.3) is 0 Å². The van der Waals surface area contributed by atoms with E-state index in [9.17, 15) is 0 Å². The van der Waals surface area contributed by atoms with Gasteiger partial charge in [-0.15, -0.1) is 0 Å². The molecule has 0 amide bonds. The van der Waals surface area contributed by atoms with Crippen molar-refractivity contribution in [2.45, 2.75) is 32.1 Å². The fourth-order valence-electron chi connectivity index (χ4n) is 3.70. The summed E-state index contributed by atoms with van der Waals surface area (Å²) in [5.41, 5.74) is 1.80. The molecule has 1 aromatic heterocycles. The van der Waals surface area contributed by atoms with Crippen molar-refractivity contribution in [3.63, 3.8) is 0 Å². The zero-order valence-corrected chi connectivity index (χ0v) is 11.8. The van der Waals surface area contributed by atoms with Gasteiger partial charge in [0.25, 0.3) is 0 Å². The Kier molecular flexibility index (Phi) is 4.14. The molecule has 1 unspecified atom stereocenters. The number of likely N-dealkylation sites (tertiary alicyclic amines) is 1. The average molecular weight is 259 g/mol. The molecule has 1 atom stereocenters. The first kappa shape index (κ1) is 13.1. The van der Waals surface area contributed by atoms with E-state index < -0.39 is 0 Å². The van der Waals surface area contributed by atoms with Gasteiger partial charge in [-0.2, -0.15) is 0 Å². The van der Waals surface area contributed by atoms with Crippen LogP contribution in [0, 0.1) is 5.41 Å². The van der Waals surface area contributed by atoms with E-state index in [4.69, 9.17) is 0 Å². The van der Waals surface area contributed by atoms with Crippen LogP contribution in [0.1, 0.15) is 31.4 Å². The number of hydrogen-bond acceptors (Lipinski definition) is 3. The Morgan fingerprint density at radius 2 is 2.21 bits per heavy atom. The molecular weight excluding hydrogens is 234 g/mol. The average Bonchev–Trinajstić information content (AvgIpc) is 2.47. The molecule has 19 heavy (non-hydrogen) atoms. The van der Waals surface area contributed by atoms with Gasteiger partial charge in [-0.05, 0) is 56.3 Å². The summed E-state index contributed by atoms with van der Waals surface area (Å²) in [6.45, 7) is 6.17. The number of pyridine rings is 1. The van der Waals surface area contributed by atoms with Gasteiger partial charge in [-0.3, -0.25) is 4.98 Å². The Morgan fingerprint density at radius 3 is 3.00 bits per heavy atom. The molecule has 3 nitrogen and oxygen atoms in total. The standard InChI is InChI=1S/C16H25N3/c1-2-10-18-15(5-1)6-12-19-11-4-8-16(14-19)7-3-9-17-13-16/h1-2,5,10,17H,3-4,6-9,11-14H2. The van der Waals surface area contributed by atoms with E-state index >= 15 is 0 Å². The zero-order chi connectivity index (χ0) is 13.0. The van der Waals surface area contributed by atoms with Crippen molar-refractivity contribution in [2.75, 3.05) is 32.7 Å². The Hall–Kier alpha value is -0.930. The van der Waals surface area contributed by atoms with Gasteiger partial charge in [-0.1, -0.05) is 6.07 Å². The highest BCUT2D eigenvalue weighted by atomic mass is 15.1. The minimum Gasteiger partial charge on any atom is -0.316 e. The Bertz CT molecular complexity index is 379. The highest BCUT2D eigenvalue weighted by Gasteiger charge is 2.36. The molecule has 0 bridgehead atoms. The molecule has 2 saturated heterocycles. The molecule has 3 heteroatoms. The number of hydrogen-bond donors (Lipinski definition) is 1. The summed E-state index contributed by atoms with van der Waals surface area (Å²) in [4.78, 5) is 7.09. The van der Waals surface area contributed by atoms with Gasteiger partial charge in [-0.25, -0.2) is 0 Å². The van der Waals surface area contributed by atoms with Crippen molar-refractivity contribution in [3.8, 4) is 0 Å². The second-order valence-electron chi connectivity index (χ2n) is 6.23. The van der Waals surface area contributed by atoms with Crippen molar-refractivity contribution < 1.29 is 0 Å². The Balaban J connectivity index is 1.53. The van der Waals surface area contributed by atoms with Crippen LogP contribution in [-0.2, 0) is 6.42 Å². The summed E-state index contributed by atoms with van der Waals surface area (Å²) in [7, 11) is 0. The van der Waals surface area contributed by atoms with Crippen LogP contribution in [0.5, 0.6) is 0 Å². The van der Waals surface area contributed by atoms with Crippen LogP contribution in [-0.4, -0.2) is 42.6 Å². The largest absolute Gasteiger partial charge is 0.316 e. The summed E-state index contributed by atoms with van der Waals surface area (Å²) in [6.07, 6.45) is 8.54. The van der Waals surface area contributed by atoms with Gasteiger partial charge >= 0.3 is 0 Å². The molecule has 2 aliphatic heterocycles. The molecule has 0 radical (unpaired) electrons. The molecule has 0 saturated carbocycles. The molecular formula is C16H25N3. The number of nitrogens with zero attached hydrogens (tertiary/aromatic N) is 2. The second-order valence-corrected chi connectivity index (χ2v) is 6.23. The van der Waals surface area contributed by atoms with Gasteiger partial charge in [0.15, 0.2) is 0 Å². The van der Waals surface area contributed by atoms with Crippen molar-refractivity contribution in [3.05, 3.63) is 30.1 Å². The predicted octanol–water partition coefficient (Wildman–Crippen LogP) is 2.09. The molecule has 104 valence electrons.